The zero-order valence-corrected chi connectivity index (χ0v) is 22.0. The van der Waals surface area contributed by atoms with E-state index in [1.54, 1.807) is 0 Å². The van der Waals surface area contributed by atoms with E-state index in [4.69, 9.17) is 4.74 Å². The van der Waals surface area contributed by atoms with Gasteiger partial charge in [-0.3, -0.25) is 4.79 Å². The van der Waals surface area contributed by atoms with Crippen molar-refractivity contribution in [2.75, 3.05) is 13.1 Å². The molecule has 3 unspecified atom stereocenters. The molecule has 36 heavy (non-hydrogen) atoms. The highest BCUT2D eigenvalue weighted by atomic mass is 16.5. The highest BCUT2D eigenvalue weighted by Crippen LogP contribution is 2.41. The van der Waals surface area contributed by atoms with Crippen molar-refractivity contribution >= 4 is 16.7 Å². The standard InChI is InChI=1S/C33H41NO2/c1-4-6-20-33(5-2,29-14-8-7-9-15-29)32(35)36-31-23-25(3)30(31)19-22-34-21-18-26-16-17-27-12-10-11-13-28(27)24-26/h7-17,24,30-31,34H,3-6,18-23H2,1-2H3/p+1. The van der Waals surface area contributed by atoms with Gasteiger partial charge in [-0.25, -0.2) is 0 Å². The van der Waals surface area contributed by atoms with E-state index in [2.05, 4.69) is 80.3 Å². The van der Waals surface area contributed by atoms with Crippen LogP contribution >= 0.6 is 0 Å². The zero-order valence-electron chi connectivity index (χ0n) is 22.0. The SMILES string of the molecule is C=C1CC(OC(=O)C(CC)(CCCC)c2ccccc2)C1CC[NH2+]CCc1ccc2ccccc2c1. The summed E-state index contributed by atoms with van der Waals surface area (Å²) >= 11 is 0. The summed E-state index contributed by atoms with van der Waals surface area (Å²) in [7, 11) is 0. The van der Waals surface area contributed by atoms with Crippen molar-refractivity contribution in [3.05, 3.63) is 96.1 Å². The van der Waals surface area contributed by atoms with Gasteiger partial charge in [-0.15, -0.1) is 0 Å². The van der Waals surface area contributed by atoms with Crippen molar-refractivity contribution in [2.45, 2.75) is 70.3 Å². The van der Waals surface area contributed by atoms with Crippen LogP contribution in [0, 0.1) is 5.92 Å². The Kier molecular flexibility index (Phi) is 8.98. The van der Waals surface area contributed by atoms with Gasteiger partial charge in [0.25, 0.3) is 0 Å². The van der Waals surface area contributed by atoms with Crippen LogP contribution in [-0.4, -0.2) is 25.2 Å². The van der Waals surface area contributed by atoms with Gasteiger partial charge < -0.3 is 10.1 Å². The second-order valence-corrected chi connectivity index (χ2v) is 10.4. The number of hydrogen-bond donors (Lipinski definition) is 1. The first kappa shape index (κ1) is 26.2. The minimum atomic E-state index is -0.551. The van der Waals surface area contributed by atoms with E-state index < -0.39 is 5.41 Å². The van der Waals surface area contributed by atoms with E-state index in [1.165, 1.54) is 21.9 Å². The van der Waals surface area contributed by atoms with Gasteiger partial charge in [0.2, 0.25) is 0 Å². The zero-order chi connectivity index (χ0) is 25.4. The molecule has 3 aromatic rings. The normalized spacial score (nSPS) is 19.0. The Morgan fingerprint density at radius 3 is 2.47 bits per heavy atom. The van der Waals surface area contributed by atoms with Crippen molar-refractivity contribution in [1.82, 2.24) is 0 Å². The monoisotopic (exact) mass is 484 g/mol. The smallest absolute Gasteiger partial charge is 0.316 e. The van der Waals surface area contributed by atoms with E-state index in [0.717, 1.165) is 63.6 Å². The maximum Gasteiger partial charge on any atom is 0.316 e. The summed E-state index contributed by atoms with van der Waals surface area (Å²) < 4.78 is 6.23. The van der Waals surface area contributed by atoms with E-state index in [-0.39, 0.29) is 18.0 Å². The molecule has 0 spiro atoms. The Balaban J connectivity index is 1.29. The molecule has 1 aliphatic rings. The minimum Gasteiger partial charge on any atom is -0.461 e. The van der Waals surface area contributed by atoms with Gasteiger partial charge in [-0.2, -0.15) is 0 Å². The van der Waals surface area contributed by atoms with Gasteiger partial charge in [-0.05, 0) is 34.7 Å². The number of rotatable bonds is 13. The molecule has 0 saturated heterocycles. The molecule has 1 fully saturated rings. The Bertz CT molecular complexity index is 1150. The average Bonchev–Trinajstić information content (AvgIpc) is 2.91. The number of nitrogens with two attached hydrogens (primary N) is 1. The summed E-state index contributed by atoms with van der Waals surface area (Å²) in [6.07, 6.45) is 6.52. The van der Waals surface area contributed by atoms with Gasteiger partial charge in [0.1, 0.15) is 6.10 Å². The molecular weight excluding hydrogens is 442 g/mol. The van der Waals surface area contributed by atoms with E-state index in [9.17, 15) is 4.79 Å². The average molecular weight is 485 g/mol. The van der Waals surface area contributed by atoms with E-state index in [1.807, 2.05) is 18.2 Å². The topological polar surface area (TPSA) is 42.9 Å². The predicted octanol–water partition coefficient (Wildman–Crippen LogP) is 6.36. The molecular formula is C33H42NO2+. The van der Waals surface area contributed by atoms with Crippen LogP contribution in [-0.2, 0) is 21.4 Å². The number of carbonyl (C=O) groups is 1. The summed E-state index contributed by atoms with van der Waals surface area (Å²) in [4.78, 5) is 13.6. The number of unbranched alkanes of at least 4 members (excludes halogenated alkanes) is 1. The van der Waals surface area contributed by atoms with Gasteiger partial charge in [0.05, 0.1) is 18.5 Å². The first-order valence-corrected chi connectivity index (χ1v) is 13.8. The number of benzene rings is 3. The molecule has 3 nitrogen and oxygen atoms in total. The van der Waals surface area contributed by atoms with Crippen molar-refractivity contribution in [3.63, 3.8) is 0 Å². The number of quaternary nitrogens is 1. The molecule has 4 rings (SSSR count). The summed E-state index contributed by atoms with van der Waals surface area (Å²) in [5.74, 6) is 0.231. The lowest BCUT2D eigenvalue weighted by Gasteiger charge is -2.41. The van der Waals surface area contributed by atoms with Crippen molar-refractivity contribution in [3.8, 4) is 0 Å². The Morgan fingerprint density at radius 2 is 1.75 bits per heavy atom. The fourth-order valence-electron chi connectivity index (χ4n) is 5.65. The molecule has 0 radical (unpaired) electrons. The van der Waals surface area contributed by atoms with Gasteiger partial charge in [-0.1, -0.05) is 112 Å². The van der Waals surface area contributed by atoms with E-state index >= 15 is 0 Å². The molecule has 2 N–H and O–H groups in total. The van der Waals surface area contributed by atoms with Gasteiger partial charge >= 0.3 is 5.97 Å². The van der Waals surface area contributed by atoms with Gasteiger partial charge in [0.15, 0.2) is 0 Å². The molecule has 1 saturated carbocycles. The highest BCUT2D eigenvalue weighted by Gasteiger charge is 2.44. The molecule has 0 bridgehead atoms. The fraction of sp³-hybridized carbons (Fsp3) is 0.424. The van der Waals surface area contributed by atoms with Crippen LogP contribution in [0.5, 0.6) is 0 Å². The maximum absolute atomic E-state index is 13.6. The van der Waals surface area contributed by atoms with Crippen LogP contribution in [0.25, 0.3) is 10.8 Å². The number of ether oxygens (including phenoxy) is 1. The molecule has 0 aliphatic heterocycles. The molecule has 1 aliphatic carbocycles. The second-order valence-electron chi connectivity index (χ2n) is 10.4. The maximum atomic E-state index is 13.6. The summed E-state index contributed by atoms with van der Waals surface area (Å²) in [6.45, 7) is 10.6. The van der Waals surface area contributed by atoms with Crippen molar-refractivity contribution in [2.24, 2.45) is 5.92 Å². The van der Waals surface area contributed by atoms with Crippen LogP contribution < -0.4 is 5.32 Å². The third-order valence-corrected chi connectivity index (χ3v) is 8.11. The Labute approximate surface area is 217 Å². The second kappa shape index (κ2) is 12.4. The lowest BCUT2D eigenvalue weighted by atomic mass is 9.72. The summed E-state index contributed by atoms with van der Waals surface area (Å²) in [6, 6.07) is 25.5. The summed E-state index contributed by atoms with van der Waals surface area (Å²) in [5, 5.41) is 4.99. The number of carbonyl (C=O) groups excluding carboxylic acids is 1. The number of esters is 1. The first-order chi connectivity index (χ1) is 17.6. The predicted molar refractivity (Wildman–Crippen MR) is 149 cm³/mol. The molecule has 190 valence electrons. The fourth-order valence-corrected chi connectivity index (χ4v) is 5.65. The van der Waals surface area contributed by atoms with Crippen molar-refractivity contribution < 1.29 is 14.8 Å². The van der Waals surface area contributed by atoms with Crippen LogP contribution in [0.2, 0.25) is 0 Å². The molecule has 0 aromatic heterocycles. The minimum absolute atomic E-state index is 0.0323. The molecule has 3 atom stereocenters. The third kappa shape index (κ3) is 5.90. The van der Waals surface area contributed by atoms with Crippen LogP contribution in [0.1, 0.15) is 63.5 Å². The van der Waals surface area contributed by atoms with Crippen LogP contribution in [0.4, 0.5) is 0 Å². The lowest BCUT2D eigenvalue weighted by Crippen LogP contribution is -2.85. The molecule has 3 heteroatoms. The largest absolute Gasteiger partial charge is 0.461 e. The molecule has 0 amide bonds. The Morgan fingerprint density at radius 1 is 1.00 bits per heavy atom. The highest BCUT2D eigenvalue weighted by molar-refractivity contribution is 5.84. The van der Waals surface area contributed by atoms with Gasteiger partial charge in [0, 0.05) is 25.2 Å². The number of fused-ring (bicyclic) bond motifs is 1. The van der Waals surface area contributed by atoms with Crippen molar-refractivity contribution in [1.29, 1.82) is 0 Å². The van der Waals surface area contributed by atoms with Crippen LogP contribution in [0.3, 0.4) is 0 Å². The molecule has 3 aromatic carbocycles. The van der Waals surface area contributed by atoms with Crippen LogP contribution in [0.15, 0.2) is 84.9 Å². The number of hydrogen-bond acceptors (Lipinski definition) is 2. The summed E-state index contributed by atoms with van der Waals surface area (Å²) in [5.41, 5.74) is 3.15. The lowest BCUT2D eigenvalue weighted by molar-refractivity contribution is -0.655. The first-order valence-electron chi connectivity index (χ1n) is 13.8. The molecule has 0 heterocycles. The quantitative estimate of drug-likeness (QED) is 0.174. The Hall–Kier alpha value is -2.91. The van der Waals surface area contributed by atoms with E-state index in [0.29, 0.717) is 0 Å². The third-order valence-electron chi connectivity index (χ3n) is 8.11.